The number of rotatable bonds is 4. The Morgan fingerprint density at radius 2 is 2.33 bits per heavy atom. The van der Waals surface area contributed by atoms with Crippen LogP contribution in [0, 0.1) is 11.2 Å². The van der Waals surface area contributed by atoms with Crippen molar-refractivity contribution in [2.24, 2.45) is 5.41 Å². The van der Waals surface area contributed by atoms with Crippen molar-refractivity contribution in [3.63, 3.8) is 0 Å². The van der Waals surface area contributed by atoms with Gasteiger partial charge in [0.05, 0.1) is 7.11 Å². The molecule has 0 aliphatic carbocycles. The number of methoxy groups -OCH3 is 1. The van der Waals surface area contributed by atoms with Crippen LogP contribution in [0.5, 0.6) is 5.75 Å². The summed E-state index contributed by atoms with van der Waals surface area (Å²) in [5.74, 6) is -0.293. The summed E-state index contributed by atoms with van der Waals surface area (Å²) in [6.45, 7) is 3.53. The average molecular weight is 251 g/mol. The van der Waals surface area contributed by atoms with E-state index in [0.29, 0.717) is 12.1 Å². The summed E-state index contributed by atoms with van der Waals surface area (Å²) in [6, 6.07) is 4.42. The van der Waals surface area contributed by atoms with E-state index in [0.717, 1.165) is 19.4 Å². The van der Waals surface area contributed by atoms with Gasteiger partial charge in [-0.15, -0.1) is 0 Å². The fourth-order valence-electron chi connectivity index (χ4n) is 2.51. The Hall–Kier alpha value is -1.42. The molecule has 0 saturated carbocycles. The molecule has 18 heavy (non-hydrogen) atoms. The number of Topliss-reactive ketones (excluding diaryl/α,β-unsaturated/α-hetero) is 1. The monoisotopic (exact) mass is 251 g/mol. The van der Waals surface area contributed by atoms with Crippen molar-refractivity contribution in [1.29, 1.82) is 0 Å². The largest absolute Gasteiger partial charge is 0.494 e. The molecule has 1 N–H and O–H groups in total. The maximum Gasteiger partial charge on any atom is 0.170 e. The molecule has 0 amide bonds. The lowest BCUT2D eigenvalue weighted by Crippen LogP contribution is -2.33. The molecule has 1 heterocycles. The predicted octanol–water partition coefficient (Wildman–Crippen LogP) is 2.41. The fourth-order valence-corrected chi connectivity index (χ4v) is 2.51. The van der Waals surface area contributed by atoms with Crippen LogP contribution in [0.25, 0.3) is 0 Å². The average Bonchev–Trinajstić information content (AvgIpc) is 2.87. The molecule has 1 aromatic rings. The van der Waals surface area contributed by atoms with Crippen molar-refractivity contribution in [3.8, 4) is 5.75 Å². The summed E-state index contributed by atoms with van der Waals surface area (Å²) in [7, 11) is 1.41. The molecule has 0 spiro atoms. The molecular formula is C14H18FNO2. The van der Waals surface area contributed by atoms with E-state index < -0.39 is 5.82 Å². The minimum Gasteiger partial charge on any atom is -0.494 e. The molecule has 1 saturated heterocycles. The molecular weight excluding hydrogens is 233 g/mol. The molecule has 1 unspecified atom stereocenters. The lowest BCUT2D eigenvalue weighted by Gasteiger charge is -2.25. The number of benzene rings is 1. The SMILES string of the molecule is CCC1(C(=O)c2ccc(OC)c(F)c2)CCNC1. The zero-order valence-corrected chi connectivity index (χ0v) is 10.8. The molecule has 1 aliphatic heterocycles. The van der Waals surface area contributed by atoms with E-state index in [4.69, 9.17) is 4.74 Å². The highest BCUT2D eigenvalue weighted by atomic mass is 19.1. The first-order chi connectivity index (χ1) is 8.63. The van der Waals surface area contributed by atoms with Gasteiger partial charge in [-0.1, -0.05) is 6.92 Å². The second-order valence-corrected chi connectivity index (χ2v) is 4.74. The molecule has 0 aromatic heterocycles. The van der Waals surface area contributed by atoms with Gasteiger partial charge in [-0.25, -0.2) is 4.39 Å². The minimum absolute atomic E-state index is 0.0246. The van der Waals surface area contributed by atoms with Gasteiger partial charge in [0.15, 0.2) is 17.3 Å². The van der Waals surface area contributed by atoms with Crippen LogP contribution >= 0.6 is 0 Å². The molecule has 1 atom stereocenters. The highest BCUT2D eigenvalue weighted by Gasteiger charge is 2.39. The maximum absolute atomic E-state index is 13.6. The molecule has 0 radical (unpaired) electrons. The Bertz CT molecular complexity index is 453. The van der Waals surface area contributed by atoms with Gasteiger partial charge in [0, 0.05) is 17.5 Å². The molecule has 0 bridgehead atoms. The highest BCUT2D eigenvalue weighted by Crippen LogP contribution is 2.34. The quantitative estimate of drug-likeness (QED) is 0.835. The summed E-state index contributed by atoms with van der Waals surface area (Å²) in [5, 5.41) is 3.21. The number of carbonyl (C=O) groups excluding carboxylic acids is 1. The Morgan fingerprint density at radius 1 is 1.56 bits per heavy atom. The van der Waals surface area contributed by atoms with Crippen LogP contribution in [0.1, 0.15) is 30.1 Å². The summed E-state index contributed by atoms with van der Waals surface area (Å²) in [6.07, 6.45) is 1.59. The van der Waals surface area contributed by atoms with Gasteiger partial charge in [0.25, 0.3) is 0 Å². The van der Waals surface area contributed by atoms with Gasteiger partial charge in [-0.2, -0.15) is 0 Å². The normalized spacial score (nSPS) is 23.1. The van der Waals surface area contributed by atoms with Crippen LogP contribution in [0.2, 0.25) is 0 Å². The minimum atomic E-state index is -0.486. The van der Waals surface area contributed by atoms with Crippen molar-refractivity contribution in [1.82, 2.24) is 5.32 Å². The van der Waals surface area contributed by atoms with Crippen LogP contribution in [-0.4, -0.2) is 26.0 Å². The third kappa shape index (κ3) is 2.12. The fraction of sp³-hybridized carbons (Fsp3) is 0.500. The first-order valence-corrected chi connectivity index (χ1v) is 6.22. The molecule has 1 fully saturated rings. The molecule has 2 rings (SSSR count). The lowest BCUT2D eigenvalue weighted by atomic mass is 9.77. The van der Waals surface area contributed by atoms with E-state index in [-0.39, 0.29) is 16.9 Å². The molecule has 1 aromatic carbocycles. The highest BCUT2D eigenvalue weighted by molar-refractivity contribution is 6.01. The number of halogens is 1. The first-order valence-electron chi connectivity index (χ1n) is 6.22. The smallest absolute Gasteiger partial charge is 0.170 e. The zero-order valence-electron chi connectivity index (χ0n) is 10.8. The maximum atomic E-state index is 13.6. The third-order valence-electron chi connectivity index (χ3n) is 3.82. The van der Waals surface area contributed by atoms with E-state index >= 15 is 0 Å². The van der Waals surface area contributed by atoms with Crippen molar-refractivity contribution in [2.45, 2.75) is 19.8 Å². The van der Waals surface area contributed by atoms with E-state index in [2.05, 4.69) is 5.32 Å². The van der Waals surface area contributed by atoms with E-state index in [1.807, 2.05) is 6.92 Å². The molecule has 1 aliphatic rings. The summed E-state index contributed by atoms with van der Waals surface area (Å²) < 4.78 is 18.5. The number of hydrogen-bond donors (Lipinski definition) is 1. The summed E-state index contributed by atoms with van der Waals surface area (Å²) in [5.41, 5.74) is 0.0555. The number of hydrogen-bond acceptors (Lipinski definition) is 3. The van der Waals surface area contributed by atoms with Crippen LogP contribution < -0.4 is 10.1 Å². The lowest BCUT2D eigenvalue weighted by molar-refractivity contribution is 0.0810. The van der Waals surface area contributed by atoms with Crippen molar-refractivity contribution in [2.75, 3.05) is 20.2 Å². The molecule has 4 heteroatoms. The van der Waals surface area contributed by atoms with Crippen molar-refractivity contribution < 1.29 is 13.9 Å². The first kappa shape index (κ1) is 13.0. The summed E-state index contributed by atoms with van der Waals surface area (Å²) in [4.78, 5) is 12.5. The van der Waals surface area contributed by atoms with Gasteiger partial charge in [-0.3, -0.25) is 4.79 Å². The van der Waals surface area contributed by atoms with Gasteiger partial charge in [0.2, 0.25) is 0 Å². The molecule has 3 nitrogen and oxygen atoms in total. The van der Waals surface area contributed by atoms with Crippen molar-refractivity contribution in [3.05, 3.63) is 29.6 Å². The number of nitrogens with one attached hydrogen (secondary N) is 1. The summed E-state index contributed by atoms with van der Waals surface area (Å²) >= 11 is 0. The van der Waals surface area contributed by atoms with Gasteiger partial charge in [-0.05, 0) is 37.6 Å². The Kier molecular flexibility index (Phi) is 3.66. The Morgan fingerprint density at radius 3 is 2.83 bits per heavy atom. The Balaban J connectivity index is 2.31. The van der Waals surface area contributed by atoms with Gasteiger partial charge in [0.1, 0.15) is 0 Å². The Labute approximate surface area is 106 Å². The van der Waals surface area contributed by atoms with Crippen LogP contribution in [0.4, 0.5) is 4.39 Å². The van der Waals surface area contributed by atoms with Crippen LogP contribution in [0.15, 0.2) is 18.2 Å². The van der Waals surface area contributed by atoms with E-state index in [9.17, 15) is 9.18 Å². The van der Waals surface area contributed by atoms with Crippen molar-refractivity contribution >= 4 is 5.78 Å². The van der Waals surface area contributed by atoms with Gasteiger partial charge >= 0.3 is 0 Å². The van der Waals surface area contributed by atoms with Crippen LogP contribution in [-0.2, 0) is 0 Å². The standard InChI is InChI=1S/C14H18FNO2/c1-3-14(6-7-16-9-14)13(17)10-4-5-12(18-2)11(15)8-10/h4-5,8,16H,3,6-7,9H2,1-2H3. The van der Waals surface area contributed by atoms with Crippen LogP contribution in [0.3, 0.4) is 0 Å². The topological polar surface area (TPSA) is 38.3 Å². The molecule has 98 valence electrons. The number of ketones is 1. The van der Waals surface area contributed by atoms with E-state index in [1.54, 1.807) is 6.07 Å². The zero-order chi connectivity index (χ0) is 13.2. The van der Waals surface area contributed by atoms with Gasteiger partial charge < -0.3 is 10.1 Å². The second-order valence-electron chi connectivity index (χ2n) is 4.74. The number of ether oxygens (including phenoxy) is 1. The third-order valence-corrected chi connectivity index (χ3v) is 3.82. The predicted molar refractivity (Wildman–Crippen MR) is 67.5 cm³/mol. The van der Waals surface area contributed by atoms with E-state index in [1.165, 1.54) is 19.2 Å². The number of carbonyl (C=O) groups is 1. The second kappa shape index (κ2) is 5.06.